The van der Waals surface area contributed by atoms with E-state index in [1.165, 1.54) is 0 Å². The average molecular weight is 456 g/mol. The van der Waals surface area contributed by atoms with E-state index >= 15 is 0 Å². The van der Waals surface area contributed by atoms with Crippen molar-refractivity contribution in [1.82, 2.24) is 10.3 Å². The summed E-state index contributed by atoms with van der Waals surface area (Å²) in [5, 5.41) is 7.15. The number of benzene rings is 2. The van der Waals surface area contributed by atoms with Crippen molar-refractivity contribution in [3.63, 3.8) is 0 Å². The standard InChI is InChI=1S/C26H28F3N3O/c1-3-17-7-4-5-10-20(17)25(33)31-19-9-6-8-18(14-19)30-23-15-24(26(27,28)29)32-22-12-11-16(2)13-21(22)23/h4-5,7,10-13,15,18-19H,3,6,8-9,14H2,1-2H3,(H,30,32)(H,31,33)/t18-,19+/m0/s1. The number of hydrogen-bond acceptors (Lipinski definition) is 3. The first-order chi connectivity index (χ1) is 15.7. The number of alkyl halides is 3. The van der Waals surface area contributed by atoms with Crippen LogP contribution in [0.5, 0.6) is 0 Å². The van der Waals surface area contributed by atoms with E-state index in [1.807, 2.05) is 44.2 Å². The lowest BCUT2D eigenvalue weighted by Gasteiger charge is -2.31. The monoisotopic (exact) mass is 455 g/mol. The van der Waals surface area contributed by atoms with Gasteiger partial charge in [-0.15, -0.1) is 0 Å². The van der Waals surface area contributed by atoms with Crippen LogP contribution >= 0.6 is 0 Å². The summed E-state index contributed by atoms with van der Waals surface area (Å²) in [6.45, 7) is 3.92. The summed E-state index contributed by atoms with van der Waals surface area (Å²) < 4.78 is 40.3. The molecule has 33 heavy (non-hydrogen) atoms. The lowest BCUT2D eigenvalue weighted by Crippen LogP contribution is -2.42. The van der Waals surface area contributed by atoms with E-state index in [9.17, 15) is 18.0 Å². The van der Waals surface area contributed by atoms with E-state index in [4.69, 9.17) is 0 Å². The molecular weight excluding hydrogens is 427 g/mol. The Morgan fingerprint density at radius 3 is 2.61 bits per heavy atom. The summed E-state index contributed by atoms with van der Waals surface area (Å²) in [4.78, 5) is 16.7. The van der Waals surface area contributed by atoms with E-state index in [0.29, 0.717) is 28.6 Å². The van der Waals surface area contributed by atoms with Crippen LogP contribution in [0.4, 0.5) is 18.9 Å². The lowest BCUT2D eigenvalue weighted by molar-refractivity contribution is -0.140. The van der Waals surface area contributed by atoms with Gasteiger partial charge in [-0.1, -0.05) is 36.8 Å². The number of rotatable bonds is 5. The van der Waals surface area contributed by atoms with Crippen LogP contribution in [0.25, 0.3) is 10.9 Å². The van der Waals surface area contributed by atoms with Gasteiger partial charge in [-0.2, -0.15) is 13.2 Å². The maximum absolute atomic E-state index is 13.4. The maximum Gasteiger partial charge on any atom is 0.433 e. The zero-order valence-corrected chi connectivity index (χ0v) is 18.8. The largest absolute Gasteiger partial charge is 0.433 e. The molecule has 2 N–H and O–H groups in total. The van der Waals surface area contributed by atoms with Gasteiger partial charge in [0, 0.05) is 28.7 Å². The van der Waals surface area contributed by atoms with Gasteiger partial charge in [-0.3, -0.25) is 4.79 Å². The fourth-order valence-corrected chi connectivity index (χ4v) is 4.59. The van der Waals surface area contributed by atoms with Crippen LogP contribution in [0, 0.1) is 6.92 Å². The Morgan fingerprint density at radius 2 is 1.85 bits per heavy atom. The Labute approximate surface area is 191 Å². The third kappa shape index (κ3) is 5.29. The summed E-state index contributed by atoms with van der Waals surface area (Å²) >= 11 is 0. The fraction of sp³-hybridized carbons (Fsp3) is 0.385. The van der Waals surface area contributed by atoms with Gasteiger partial charge in [0.15, 0.2) is 0 Å². The fourth-order valence-electron chi connectivity index (χ4n) is 4.59. The highest BCUT2D eigenvalue weighted by Crippen LogP contribution is 2.34. The number of anilines is 1. The third-order valence-corrected chi connectivity index (χ3v) is 6.27. The summed E-state index contributed by atoms with van der Waals surface area (Å²) in [5.41, 5.74) is 2.48. The normalized spacial score (nSPS) is 18.8. The maximum atomic E-state index is 13.4. The van der Waals surface area contributed by atoms with E-state index in [0.717, 1.165) is 42.9 Å². The van der Waals surface area contributed by atoms with Crippen molar-refractivity contribution in [3.05, 3.63) is 70.9 Å². The van der Waals surface area contributed by atoms with Gasteiger partial charge in [-0.05, 0) is 68.9 Å². The van der Waals surface area contributed by atoms with Crippen molar-refractivity contribution in [2.75, 3.05) is 5.32 Å². The van der Waals surface area contributed by atoms with Crippen LogP contribution in [0.2, 0.25) is 0 Å². The summed E-state index contributed by atoms with van der Waals surface area (Å²) in [5.74, 6) is -0.0950. The molecule has 4 rings (SSSR count). The molecule has 2 aromatic carbocycles. The van der Waals surface area contributed by atoms with Crippen LogP contribution < -0.4 is 10.6 Å². The number of fused-ring (bicyclic) bond motifs is 1. The molecular formula is C26H28F3N3O. The van der Waals surface area contributed by atoms with Gasteiger partial charge in [0.05, 0.1) is 5.52 Å². The molecule has 0 bridgehead atoms. The molecule has 1 fully saturated rings. The number of pyridine rings is 1. The molecule has 1 saturated carbocycles. The second-order valence-corrected chi connectivity index (χ2v) is 8.76. The van der Waals surface area contributed by atoms with E-state index in [1.54, 1.807) is 12.1 Å². The van der Waals surface area contributed by atoms with Crippen LogP contribution in [0.15, 0.2) is 48.5 Å². The quantitative estimate of drug-likeness (QED) is 0.476. The van der Waals surface area contributed by atoms with Crippen LogP contribution in [0.3, 0.4) is 0 Å². The first-order valence-corrected chi connectivity index (χ1v) is 11.4. The molecule has 0 spiro atoms. The molecule has 1 heterocycles. The second kappa shape index (κ2) is 9.41. The lowest BCUT2D eigenvalue weighted by atomic mass is 9.90. The topological polar surface area (TPSA) is 54.0 Å². The minimum atomic E-state index is -4.52. The summed E-state index contributed by atoms with van der Waals surface area (Å²) in [6, 6.07) is 13.8. The highest BCUT2D eigenvalue weighted by Gasteiger charge is 2.34. The smallest absolute Gasteiger partial charge is 0.382 e. The highest BCUT2D eigenvalue weighted by molar-refractivity contribution is 5.96. The van der Waals surface area contributed by atoms with Crippen LogP contribution in [-0.4, -0.2) is 23.0 Å². The zero-order valence-electron chi connectivity index (χ0n) is 18.8. The molecule has 4 nitrogen and oxygen atoms in total. The van der Waals surface area contributed by atoms with Crippen molar-refractivity contribution < 1.29 is 18.0 Å². The van der Waals surface area contributed by atoms with Crippen LogP contribution in [0.1, 0.15) is 59.8 Å². The Kier molecular flexibility index (Phi) is 6.58. The van der Waals surface area contributed by atoms with Crippen LogP contribution in [-0.2, 0) is 12.6 Å². The number of carbonyl (C=O) groups is 1. The number of halogens is 3. The van der Waals surface area contributed by atoms with Gasteiger partial charge in [0.1, 0.15) is 5.69 Å². The number of amides is 1. The minimum Gasteiger partial charge on any atom is -0.382 e. The van der Waals surface area contributed by atoms with Gasteiger partial charge < -0.3 is 10.6 Å². The molecule has 7 heteroatoms. The molecule has 174 valence electrons. The molecule has 2 atom stereocenters. The summed E-state index contributed by atoms with van der Waals surface area (Å²) in [6.07, 6.45) is -0.542. The summed E-state index contributed by atoms with van der Waals surface area (Å²) in [7, 11) is 0. The minimum absolute atomic E-state index is 0.0365. The van der Waals surface area contributed by atoms with Crippen molar-refractivity contribution in [2.24, 2.45) is 0 Å². The van der Waals surface area contributed by atoms with Gasteiger partial charge in [0.2, 0.25) is 0 Å². The van der Waals surface area contributed by atoms with Crippen molar-refractivity contribution >= 4 is 22.5 Å². The van der Waals surface area contributed by atoms with Crippen molar-refractivity contribution in [1.29, 1.82) is 0 Å². The zero-order chi connectivity index (χ0) is 23.6. The number of aryl methyl sites for hydroxylation is 2. The Morgan fingerprint density at radius 1 is 1.09 bits per heavy atom. The molecule has 0 radical (unpaired) electrons. The van der Waals surface area contributed by atoms with Crippen molar-refractivity contribution in [2.45, 2.75) is 64.2 Å². The SMILES string of the molecule is CCc1ccccc1C(=O)N[C@@H]1CCC[C@H](Nc2cc(C(F)(F)F)nc3ccc(C)cc23)C1. The first kappa shape index (κ1) is 23.1. The van der Waals surface area contributed by atoms with Gasteiger partial charge in [0.25, 0.3) is 5.91 Å². The van der Waals surface area contributed by atoms with E-state index < -0.39 is 11.9 Å². The number of nitrogens with zero attached hydrogens (tertiary/aromatic N) is 1. The van der Waals surface area contributed by atoms with Crippen molar-refractivity contribution in [3.8, 4) is 0 Å². The Balaban J connectivity index is 1.53. The van der Waals surface area contributed by atoms with Gasteiger partial charge in [-0.25, -0.2) is 4.98 Å². The molecule has 1 amide bonds. The predicted molar refractivity (Wildman–Crippen MR) is 124 cm³/mol. The number of aromatic nitrogens is 1. The second-order valence-electron chi connectivity index (χ2n) is 8.76. The molecule has 0 aliphatic heterocycles. The first-order valence-electron chi connectivity index (χ1n) is 11.4. The predicted octanol–water partition coefficient (Wildman–Crippen LogP) is 6.28. The Hall–Kier alpha value is -3.09. The number of hydrogen-bond donors (Lipinski definition) is 2. The average Bonchev–Trinajstić information content (AvgIpc) is 2.78. The van der Waals surface area contributed by atoms with Gasteiger partial charge >= 0.3 is 6.18 Å². The number of nitrogens with one attached hydrogen (secondary N) is 2. The molecule has 0 unspecified atom stereocenters. The molecule has 0 saturated heterocycles. The molecule has 1 aliphatic rings. The molecule has 3 aromatic rings. The Bertz CT molecular complexity index is 1160. The van der Waals surface area contributed by atoms with E-state index in [2.05, 4.69) is 15.6 Å². The third-order valence-electron chi connectivity index (χ3n) is 6.27. The highest BCUT2D eigenvalue weighted by atomic mass is 19.4. The van der Waals surface area contributed by atoms with E-state index in [-0.39, 0.29) is 18.0 Å². The molecule has 1 aliphatic carbocycles. The number of carbonyl (C=O) groups excluding carboxylic acids is 1. The molecule has 1 aromatic heterocycles.